The van der Waals surface area contributed by atoms with Gasteiger partial charge in [-0.1, -0.05) is 19.3 Å². The number of carbonyl (C=O) groups is 2. The number of nitrogens with zero attached hydrogens (tertiary/aromatic N) is 2. The highest BCUT2D eigenvalue weighted by atomic mass is 32.1. The molecule has 1 saturated heterocycles. The first-order valence-corrected chi connectivity index (χ1v) is 8.53. The van der Waals surface area contributed by atoms with E-state index in [9.17, 15) is 9.59 Å². The summed E-state index contributed by atoms with van der Waals surface area (Å²) in [6.07, 6.45) is 5.69. The topological polar surface area (TPSA) is 62.3 Å². The molecule has 2 aliphatic rings. The first-order valence-electron chi connectivity index (χ1n) is 7.65. The number of carbonyl (C=O) groups excluding carboxylic acids is 2. The number of imide groups is 1. The van der Waals surface area contributed by atoms with Crippen LogP contribution in [0.25, 0.3) is 0 Å². The molecule has 5 nitrogen and oxygen atoms in total. The van der Waals surface area contributed by atoms with Crippen LogP contribution >= 0.6 is 11.3 Å². The SMILES string of the molecule is Cc1csc(CNC2CC(=O)N(C3CCCCC3)C2=O)n1. The molecule has 21 heavy (non-hydrogen) atoms. The van der Waals surface area contributed by atoms with Gasteiger partial charge in [-0.05, 0) is 19.8 Å². The Labute approximate surface area is 128 Å². The Balaban J connectivity index is 1.60. The van der Waals surface area contributed by atoms with E-state index in [1.54, 1.807) is 11.3 Å². The molecule has 1 N–H and O–H groups in total. The number of amides is 2. The van der Waals surface area contributed by atoms with Crippen LogP contribution in [0.15, 0.2) is 5.38 Å². The number of hydrogen-bond acceptors (Lipinski definition) is 5. The Morgan fingerprint density at radius 3 is 2.76 bits per heavy atom. The minimum absolute atomic E-state index is 0.0141. The number of thiazole rings is 1. The number of aryl methyl sites for hydroxylation is 1. The number of nitrogens with one attached hydrogen (secondary N) is 1. The molecule has 3 rings (SSSR count). The van der Waals surface area contributed by atoms with Crippen molar-refractivity contribution in [2.24, 2.45) is 0 Å². The van der Waals surface area contributed by atoms with E-state index in [1.165, 1.54) is 11.3 Å². The van der Waals surface area contributed by atoms with Gasteiger partial charge in [0.05, 0.1) is 12.5 Å². The van der Waals surface area contributed by atoms with Crippen LogP contribution in [0.2, 0.25) is 0 Å². The fourth-order valence-corrected chi connectivity index (χ4v) is 3.95. The standard InChI is InChI=1S/C15H21N3O2S/c1-10-9-21-13(17-10)8-16-12-7-14(19)18(15(12)20)11-5-3-2-4-6-11/h9,11-12,16H,2-8H2,1H3. The molecule has 0 radical (unpaired) electrons. The molecule has 2 heterocycles. The van der Waals surface area contributed by atoms with E-state index < -0.39 is 0 Å². The molecule has 1 atom stereocenters. The number of hydrogen-bond donors (Lipinski definition) is 1. The molecule has 1 aliphatic carbocycles. The highest BCUT2D eigenvalue weighted by molar-refractivity contribution is 7.09. The minimum atomic E-state index is -0.372. The first kappa shape index (κ1) is 14.7. The van der Waals surface area contributed by atoms with Gasteiger partial charge in [0.2, 0.25) is 11.8 Å². The third-order valence-corrected chi connectivity index (χ3v) is 5.26. The van der Waals surface area contributed by atoms with Gasteiger partial charge in [-0.15, -0.1) is 11.3 Å². The van der Waals surface area contributed by atoms with Crippen LogP contribution in [0.4, 0.5) is 0 Å². The molecule has 2 amide bonds. The predicted octanol–water partition coefficient (Wildman–Crippen LogP) is 2.00. The average Bonchev–Trinajstić information content (AvgIpc) is 3.01. The van der Waals surface area contributed by atoms with Crippen molar-refractivity contribution in [1.82, 2.24) is 15.2 Å². The normalized spacial score (nSPS) is 24.0. The molecule has 0 aromatic carbocycles. The van der Waals surface area contributed by atoms with Crippen molar-refractivity contribution in [3.8, 4) is 0 Å². The molecule has 1 aromatic rings. The van der Waals surface area contributed by atoms with E-state index in [1.807, 2.05) is 12.3 Å². The second-order valence-corrected chi connectivity index (χ2v) is 6.86. The second-order valence-electron chi connectivity index (χ2n) is 5.91. The van der Waals surface area contributed by atoms with Crippen molar-refractivity contribution in [3.63, 3.8) is 0 Å². The van der Waals surface area contributed by atoms with Gasteiger partial charge < -0.3 is 0 Å². The van der Waals surface area contributed by atoms with E-state index in [0.29, 0.717) is 13.0 Å². The van der Waals surface area contributed by atoms with Crippen molar-refractivity contribution in [2.75, 3.05) is 0 Å². The Morgan fingerprint density at radius 1 is 1.33 bits per heavy atom. The summed E-state index contributed by atoms with van der Waals surface area (Å²) in [5.41, 5.74) is 0.995. The molecule has 2 fully saturated rings. The highest BCUT2D eigenvalue weighted by Gasteiger charge is 2.42. The summed E-state index contributed by atoms with van der Waals surface area (Å²) in [5, 5.41) is 6.15. The molecule has 0 spiro atoms. The van der Waals surface area contributed by atoms with E-state index in [0.717, 1.165) is 36.4 Å². The Hall–Kier alpha value is -1.27. The van der Waals surface area contributed by atoms with Gasteiger partial charge in [-0.3, -0.25) is 19.8 Å². The van der Waals surface area contributed by atoms with Crippen LogP contribution in [0.5, 0.6) is 0 Å². The summed E-state index contributed by atoms with van der Waals surface area (Å²) in [5.74, 6) is -0.0557. The average molecular weight is 307 g/mol. The zero-order valence-corrected chi connectivity index (χ0v) is 13.1. The largest absolute Gasteiger partial charge is 0.299 e. The fourth-order valence-electron chi connectivity index (χ4n) is 3.23. The van der Waals surface area contributed by atoms with Crippen LogP contribution in [0, 0.1) is 6.92 Å². The summed E-state index contributed by atoms with van der Waals surface area (Å²) < 4.78 is 0. The minimum Gasteiger partial charge on any atom is -0.299 e. The fraction of sp³-hybridized carbons (Fsp3) is 0.667. The van der Waals surface area contributed by atoms with Gasteiger partial charge in [0, 0.05) is 23.7 Å². The zero-order chi connectivity index (χ0) is 14.8. The summed E-state index contributed by atoms with van der Waals surface area (Å²) in [6, 6.07) is -0.240. The number of likely N-dealkylation sites (tertiary alicyclic amines) is 1. The maximum Gasteiger partial charge on any atom is 0.247 e. The number of aromatic nitrogens is 1. The molecule has 1 saturated carbocycles. The third kappa shape index (κ3) is 3.16. The summed E-state index contributed by atoms with van der Waals surface area (Å²) >= 11 is 1.58. The zero-order valence-electron chi connectivity index (χ0n) is 12.3. The highest BCUT2D eigenvalue weighted by Crippen LogP contribution is 2.27. The van der Waals surface area contributed by atoms with Crippen molar-refractivity contribution in [1.29, 1.82) is 0 Å². The second kappa shape index (κ2) is 6.23. The van der Waals surface area contributed by atoms with Gasteiger partial charge in [-0.2, -0.15) is 0 Å². The van der Waals surface area contributed by atoms with Crippen molar-refractivity contribution in [2.45, 2.75) is 64.1 Å². The van der Waals surface area contributed by atoms with E-state index >= 15 is 0 Å². The van der Waals surface area contributed by atoms with E-state index in [4.69, 9.17) is 0 Å². The van der Waals surface area contributed by atoms with Crippen molar-refractivity contribution < 1.29 is 9.59 Å². The van der Waals surface area contributed by atoms with Crippen LogP contribution in [0.1, 0.15) is 49.2 Å². The van der Waals surface area contributed by atoms with E-state index in [-0.39, 0.29) is 23.9 Å². The Bertz CT molecular complexity index is 537. The lowest BCUT2D eigenvalue weighted by molar-refractivity contribution is -0.142. The summed E-state index contributed by atoms with van der Waals surface area (Å²) in [6.45, 7) is 2.51. The first-order chi connectivity index (χ1) is 10.1. The quantitative estimate of drug-likeness (QED) is 0.864. The van der Waals surface area contributed by atoms with Crippen LogP contribution in [-0.4, -0.2) is 33.8 Å². The van der Waals surface area contributed by atoms with Gasteiger partial charge in [0.15, 0.2) is 0 Å². The molecule has 1 aliphatic heterocycles. The lowest BCUT2D eigenvalue weighted by Gasteiger charge is -2.29. The smallest absolute Gasteiger partial charge is 0.247 e. The summed E-state index contributed by atoms with van der Waals surface area (Å²) in [7, 11) is 0. The Kier molecular flexibility index (Phi) is 4.35. The van der Waals surface area contributed by atoms with Crippen molar-refractivity contribution >= 4 is 23.2 Å². The van der Waals surface area contributed by atoms with Gasteiger partial charge in [0.25, 0.3) is 0 Å². The van der Waals surface area contributed by atoms with E-state index in [2.05, 4.69) is 10.3 Å². The Morgan fingerprint density at radius 2 is 2.10 bits per heavy atom. The third-order valence-electron chi connectivity index (χ3n) is 4.29. The van der Waals surface area contributed by atoms with Crippen LogP contribution in [0.3, 0.4) is 0 Å². The van der Waals surface area contributed by atoms with Gasteiger partial charge in [0.1, 0.15) is 5.01 Å². The van der Waals surface area contributed by atoms with Gasteiger partial charge in [-0.25, -0.2) is 4.98 Å². The molecule has 1 aromatic heterocycles. The van der Waals surface area contributed by atoms with Crippen LogP contribution < -0.4 is 5.32 Å². The predicted molar refractivity (Wildman–Crippen MR) is 80.8 cm³/mol. The maximum absolute atomic E-state index is 12.5. The summed E-state index contributed by atoms with van der Waals surface area (Å²) in [4.78, 5) is 30.5. The molecular weight excluding hydrogens is 286 g/mol. The molecular formula is C15H21N3O2S. The molecule has 6 heteroatoms. The molecule has 1 unspecified atom stereocenters. The lowest BCUT2D eigenvalue weighted by atomic mass is 9.94. The number of rotatable bonds is 4. The van der Waals surface area contributed by atoms with Crippen LogP contribution in [-0.2, 0) is 16.1 Å². The maximum atomic E-state index is 12.5. The van der Waals surface area contributed by atoms with Crippen molar-refractivity contribution in [3.05, 3.63) is 16.1 Å². The lowest BCUT2D eigenvalue weighted by Crippen LogP contribution is -2.44. The molecule has 114 valence electrons. The monoisotopic (exact) mass is 307 g/mol. The molecule has 0 bridgehead atoms. The van der Waals surface area contributed by atoms with Gasteiger partial charge >= 0.3 is 0 Å².